The second-order valence-corrected chi connectivity index (χ2v) is 10.9. The Morgan fingerprint density at radius 2 is 1.79 bits per heavy atom. The van der Waals surface area contributed by atoms with E-state index in [1.54, 1.807) is 36.3 Å². The molecule has 2 aliphatic heterocycles. The third-order valence-corrected chi connectivity index (χ3v) is 8.24. The van der Waals surface area contributed by atoms with Crippen LogP contribution in [0.15, 0.2) is 72.8 Å². The summed E-state index contributed by atoms with van der Waals surface area (Å²) in [6.45, 7) is 3.80. The summed E-state index contributed by atoms with van der Waals surface area (Å²) in [5.74, 6) is -0.0292. The number of nitrogens with zero attached hydrogens (tertiary/aromatic N) is 2. The Bertz CT molecular complexity index is 1660. The zero-order valence-electron chi connectivity index (χ0n) is 24.5. The lowest BCUT2D eigenvalue weighted by Gasteiger charge is -2.36. The molecule has 3 heterocycles. The van der Waals surface area contributed by atoms with Crippen LogP contribution in [0.25, 0.3) is 10.9 Å². The number of carbonyl (C=O) groups is 3. The van der Waals surface area contributed by atoms with Crippen LogP contribution in [0, 0.1) is 0 Å². The van der Waals surface area contributed by atoms with E-state index < -0.39 is 18.1 Å². The van der Waals surface area contributed by atoms with Crippen molar-refractivity contribution in [2.24, 2.45) is 0 Å². The molecule has 2 aliphatic rings. The van der Waals surface area contributed by atoms with E-state index in [1.165, 1.54) is 4.90 Å². The van der Waals surface area contributed by atoms with Gasteiger partial charge in [0.25, 0.3) is 11.8 Å². The first kappa shape index (κ1) is 28.5. The van der Waals surface area contributed by atoms with Crippen molar-refractivity contribution in [3.8, 4) is 5.75 Å². The molecule has 1 aromatic heterocycles. The van der Waals surface area contributed by atoms with Crippen LogP contribution in [-0.2, 0) is 16.0 Å². The molecule has 6 rings (SSSR count). The van der Waals surface area contributed by atoms with Crippen molar-refractivity contribution in [1.82, 2.24) is 15.2 Å². The van der Waals surface area contributed by atoms with Gasteiger partial charge in [-0.2, -0.15) is 0 Å². The number of unbranched alkanes of at least 4 members (excludes halogenated alkanes) is 1. The molecule has 4 amide bonds. The summed E-state index contributed by atoms with van der Waals surface area (Å²) in [6, 6.07) is 20.6. The molecule has 3 aromatic carbocycles. The second-order valence-electron chi connectivity index (χ2n) is 10.9. The number of fused-ring (bicyclic) bond motifs is 4. The Morgan fingerprint density at radius 3 is 2.63 bits per heavy atom. The molecule has 222 valence electrons. The van der Waals surface area contributed by atoms with Crippen molar-refractivity contribution in [2.45, 2.75) is 44.7 Å². The third-order valence-electron chi connectivity index (χ3n) is 8.24. The van der Waals surface area contributed by atoms with Crippen LogP contribution in [-0.4, -0.2) is 60.6 Å². The highest BCUT2D eigenvalue weighted by Crippen LogP contribution is 2.45. The number of aromatic amines is 1. The number of hydrogen-bond donors (Lipinski definition) is 2. The Kier molecular flexibility index (Phi) is 8.16. The summed E-state index contributed by atoms with van der Waals surface area (Å²) in [5, 5.41) is 3.95. The summed E-state index contributed by atoms with van der Waals surface area (Å²) < 4.78 is 11.1. The number of amides is 4. The molecule has 2 unspecified atom stereocenters. The maximum atomic E-state index is 14.3. The van der Waals surface area contributed by atoms with Crippen molar-refractivity contribution in [3.63, 3.8) is 0 Å². The fourth-order valence-electron chi connectivity index (χ4n) is 6.13. The van der Waals surface area contributed by atoms with Gasteiger partial charge in [-0.3, -0.25) is 14.5 Å². The van der Waals surface area contributed by atoms with E-state index in [0.29, 0.717) is 38.3 Å². The first-order chi connectivity index (χ1) is 21.0. The van der Waals surface area contributed by atoms with Gasteiger partial charge in [0.1, 0.15) is 17.8 Å². The molecule has 0 radical (unpaired) electrons. The van der Waals surface area contributed by atoms with Crippen LogP contribution < -0.4 is 15.0 Å². The Morgan fingerprint density at radius 1 is 1.00 bits per heavy atom. The predicted octanol–water partition coefficient (Wildman–Crippen LogP) is 5.60. The maximum Gasteiger partial charge on any atom is 0.332 e. The fraction of sp³-hybridized carbons (Fsp3) is 0.324. The fourth-order valence-corrected chi connectivity index (χ4v) is 6.13. The smallest absolute Gasteiger partial charge is 0.332 e. The number of rotatable bonds is 11. The summed E-state index contributed by atoms with van der Waals surface area (Å²) in [5.41, 5.74) is 4.23. The van der Waals surface area contributed by atoms with Crippen molar-refractivity contribution >= 4 is 34.4 Å². The lowest BCUT2D eigenvalue weighted by molar-refractivity contribution is -0.120. The maximum absolute atomic E-state index is 14.3. The van der Waals surface area contributed by atoms with Crippen molar-refractivity contribution in [1.29, 1.82) is 0 Å². The second kappa shape index (κ2) is 12.3. The Hall–Kier alpha value is -4.63. The van der Waals surface area contributed by atoms with Gasteiger partial charge >= 0.3 is 6.03 Å². The quantitative estimate of drug-likeness (QED) is 0.178. The predicted molar refractivity (Wildman–Crippen MR) is 164 cm³/mol. The van der Waals surface area contributed by atoms with E-state index in [9.17, 15) is 14.4 Å². The molecular weight excluding hydrogens is 544 g/mol. The molecule has 43 heavy (non-hydrogen) atoms. The van der Waals surface area contributed by atoms with Crippen LogP contribution in [0.2, 0.25) is 0 Å². The lowest BCUT2D eigenvalue weighted by Crippen LogP contribution is -2.44. The molecular formula is C34H36N4O5. The van der Waals surface area contributed by atoms with E-state index in [2.05, 4.69) is 17.2 Å². The first-order valence-corrected chi connectivity index (χ1v) is 14.9. The standard InChI is InChI=1S/C34H36N4O5/c1-3-4-18-43-19-10-17-35-32(39)25-14-6-8-16-28(25)38-33(40)29-21-26-24-13-5-7-15-27(24)36-30(26)31(37(29)34(38)41)22-11-9-12-23(20-22)42-2/h5-9,11-16,20,29,31,36H,3-4,10,17-19,21H2,1-2H3,(H,35,39). The van der Waals surface area contributed by atoms with Gasteiger partial charge in [0, 0.05) is 42.8 Å². The van der Waals surface area contributed by atoms with Crippen molar-refractivity contribution < 1.29 is 23.9 Å². The van der Waals surface area contributed by atoms with Gasteiger partial charge in [-0.1, -0.05) is 55.8 Å². The van der Waals surface area contributed by atoms with Gasteiger partial charge in [0.2, 0.25) is 0 Å². The number of H-pyrrole nitrogens is 1. The van der Waals surface area contributed by atoms with E-state index in [-0.39, 0.29) is 23.1 Å². The number of ether oxygens (including phenoxy) is 2. The highest BCUT2D eigenvalue weighted by molar-refractivity contribution is 6.24. The number of nitrogens with one attached hydrogen (secondary N) is 2. The molecule has 0 aliphatic carbocycles. The highest BCUT2D eigenvalue weighted by Gasteiger charge is 2.53. The normalized spacial score (nSPS) is 17.7. The Balaban J connectivity index is 1.33. The van der Waals surface area contributed by atoms with E-state index >= 15 is 0 Å². The van der Waals surface area contributed by atoms with Crippen LogP contribution in [0.1, 0.15) is 59.4 Å². The minimum atomic E-state index is -0.730. The molecule has 0 saturated carbocycles. The summed E-state index contributed by atoms with van der Waals surface area (Å²) in [4.78, 5) is 48.1. The van der Waals surface area contributed by atoms with Gasteiger partial charge in [-0.25, -0.2) is 9.69 Å². The number of methoxy groups -OCH3 is 1. The minimum Gasteiger partial charge on any atom is -0.497 e. The van der Waals surface area contributed by atoms with Crippen molar-refractivity contribution in [3.05, 3.63) is 95.2 Å². The largest absolute Gasteiger partial charge is 0.497 e. The average Bonchev–Trinajstić information content (AvgIpc) is 3.53. The minimum absolute atomic E-state index is 0.276. The van der Waals surface area contributed by atoms with E-state index in [1.807, 2.05) is 48.5 Å². The molecule has 2 N–H and O–H groups in total. The number of imide groups is 1. The number of carbonyl (C=O) groups excluding carboxylic acids is 3. The van der Waals surface area contributed by atoms with Gasteiger partial charge in [-0.15, -0.1) is 0 Å². The van der Waals surface area contributed by atoms with E-state index in [4.69, 9.17) is 9.47 Å². The van der Waals surface area contributed by atoms with E-state index in [0.717, 1.165) is 40.6 Å². The number of hydrogen-bond acceptors (Lipinski definition) is 5. The molecule has 0 spiro atoms. The SMILES string of the molecule is CCCCOCCCNC(=O)c1ccccc1N1C(=O)C2Cc3c([nH]c4ccccc34)C(c3cccc(OC)c3)N2C1=O. The monoisotopic (exact) mass is 580 g/mol. The number of benzene rings is 3. The van der Waals surface area contributed by atoms with Crippen LogP contribution in [0.3, 0.4) is 0 Å². The molecule has 4 aromatic rings. The zero-order valence-corrected chi connectivity index (χ0v) is 24.5. The third kappa shape index (κ3) is 5.25. The number of aromatic nitrogens is 1. The molecule has 2 atom stereocenters. The Labute approximate surface area is 250 Å². The van der Waals surface area contributed by atoms with Crippen LogP contribution >= 0.6 is 0 Å². The average molecular weight is 581 g/mol. The van der Waals surface area contributed by atoms with Gasteiger partial charge in [0.05, 0.1) is 18.4 Å². The molecule has 1 fully saturated rings. The topological polar surface area (TPSA) is 104 Å². The zero-order chi connectivity index (χ0) is 29.9. The molecule has 9 nitrogen and oxygen atoms in total. The number of para-hydroxylation sites is 2. The van der Waals surface area contributed by atoms with Gasteiger partial charge < -0.3 is 19.8 Å². The highest BCUT2D eigenvalue weighted by atomic mass is 16.5. The van der Waals surface area contributed by atoms with Gasteiger partial charge in [-0.05, 0) is 54.3 Å². The molecule has 9 heteroatoms. The van der Waals surface area contributed by atoms with Crippen LogP contribution in [0.4, 0.5) is 10.5 Å². The summed E-state index contributed by atoms with van der Waals surface area (Å²) in [7, 11) is 1.60. The summed E-state index contributed by atoms with van der Waals surface area (Å²) >= 11 is 0. The molecule has 0 bridgehead atoms. The van der Waals surface area contributed by atoms with Crippen molar-refractivity contribution in [2.75, 3.05) is 31.8 Å². The van der Waals surface area contributed by atoms with Gasteiger partial charge in [0.15, 0.2) is 0 Å². The van der Waals surface area contributed by atoms with Crippen LogP contribution in [0.5, 0.6) is 5.75 Å². The molecule has 1 saturated heterocycles. The number of anilines is 1. The number of urea groups is 1. The lowest BCUT2D eigenvalue weighted by atomic mass is 9.89. The first-order valence-electron chi connectivity index (χ1n) is 14.9. The summed E-state index contributed by atoms with van der Waals surface area (Å²) in [6.07, 6.45) is 3.12.